The molecule has 1 amide bonds. The highest BCUT2D eigenvalue weighted by Gasteiger charge is 2.48. The summed E-state index contributed by atoms with van der Waals surface area (Å²) in [5.74, 6) is -0.263. The van der Waals surface area contributed by atoms with E-state index in [1.165, 1.54) is 116 Å². The summed E-state index contributed by atoms with van der Waals surface area (Å²) >= 11 is 0. The molecule has 0 radical (unpaired) electrons. The van der Waals surface area contributed by atoms with Crippen LogP contribution in [0.4, 0.5) is 0 Å². The smallest absolute Gasteiger partial charge is 0.394 e. The number of allylic oxidation sites excluding steroid dienone is 1. The zero-order valence-corrected chi connectivity index (χ0v) is 33.9. The minimum absolute atomic E-state index is 0.263. The summed E-state index contributed by atoms with van der Waals surface area (Å²) in [6.45, 7) is 3.36. The Balaban J connectivity index is 2.59. The fourth-order valence-corrected chi connectivity index (χ4v) is 7.26. The fourth-order valence-electron chi connectivity index (χ4n) is 6.75. The Labute approximate surface area is 321 Å². The van der Waals surface area contributed by atoms with Crippen LogP contribution >= 0.6 is 0 Å². The van der Waals surface area contributed by atoms with Gasteiger partial charge in [-0.05, 0) is 19.3 Å². The molecule has 0 aliphatic carbocycles. The van der Waals surface area contributed by atoms with Crippen LogP contribution in [0, 0.1) is 0 Å². The molecule has 1 aliphatic heterocycles. The molecule has 1 aliphatic rings. The van der Waals surface area contributed by atoms with E-state index in [9.17, 15) is 33.6 Å². The van der Waals surface area contributed by atoms with Crippen molar-refractivity contribution in [3.63, 3.8) is 0 Å². The standard InChI is InChI=1S/C40H77NO11S/c1-3-5-7-9-11-13-15-17-19-21-23-25-27-29-34(43)33(32-50-40-38(46)39(52-53(47,48)49)37(45)35(31-42)51-40)41-36(44)30-28-26-24-22-20-18-16-14-12-10-8-6-4-2/h27,29,33-35,37-40,42-43,45-46H,3-26,28,30-32H2,1-2H3,(H,41,44)(H,47,48,49)/b29-27+/t33-,34+,35?,37?,38?,39?,40?/m0/s1. The molecule has 314 valence electrons. The lowest BCUT2D eigenvalue weighted by Gasteiger charge is -2.41. The fraction of sp³-hybridized carbons (Fsp3) is 0.925. The Morgan fingerprint density at radius 3 is 1.64 bits per heavy atom. The molecule has 13 heteroatoms. The first-order chi connectivity index (χ1) is 25.5. The SMILES string of the molecule is CCCCCCCCCCCCC/C=C/[C@@H](O)[C@H](COC1OC(CO)C(O)C(OS(=O)(=O)O)C1O)NC(=O)CCCCCCCCCCCCCCC. The van der Waals surface area contributed by atoms with Crippen LogP contribution in [0.3, 0.4) is 0 Å². The molecule has 0 bridgehead atoms. The van der Waals surface area contributed by atoms with Crippen molar-refractivity contribution in [1.29, 1.82) is 0 Å². The van der Waals surface area contributed by atoms with Gasteiger partial charge in [-0.15, -0.1) is 0 Å². The number of nitrogens with one attached hydrogen (secondary N) is 1. The van der Waals surface area contributed by atoms with Crippen molar-refractivity contribution >= 4 is 16.3 Å². The van der Waals surface area contributed by atoms with Gasteiger partial charge >= 0.3 is 10.4 Å². The first kappa shape index (κ1) is 49.9. The van der Waals surface area contributed by atoms with E-state index in [1.54, 1.807) is 6.08 Å². The number of ether oxygens (including phenoxy) is 2. The second-order valence-electron chi connectivity index (χ2n) is 14.9. The Hall–Kier alpha value is -1.16. The predicted molar refractivity (Wildman–Crippen MR) is 209 cm³/mol. The number of carbonyl (C=O) groups is 1. The quantitative estimate of drug-likeness (QED) is 0.0216. The van der Waals surface area contributed by atoms with Crippen molar-refractivity contribution in [2.24, 2.45) is 0 Å². The first-order valence-electron chi connectivity index (χ1n) is 21.1. The average molecular weight is 780 g/mol. The third kappa shape index (κ3) is 25.6. The molecule has 12 nitrogen and oxygen atoms in total. The topological polar surface area (TPSA) is 192 Å². The highest BCUT2D eigenvalue weighted by Crippen LogP contribution is 2.26. The van der Waals surface area contributed by atoms with Crippen LogP contribution in [0.1, 0.15) is 181 Å². The molecule has 5 unspecified atom stereocenters. The zero-order valence-electron chi connectivity index (χ0n) is 33.1. The van der Waals surface area contributed by atoms with Gasteiger partial charge in [0.05, 0.1) is 25.4 Å². The monoisotopic (exact) mass is 780 g/mol. The number of unbranched alkanes of at least 4 members (excludes halogenated alkanes) is 23. The van der Waals surface area contributed by atoms with E-state index < -0.39 is 59.9 Å². The average Bonchev–Trinajstić information content (AvgIpc) is 3.12. The summed E-state index contributed by atoms with van der Waals surface area (Å²) in [6, 6.07) is -0.936. The number of aliphatic hydroxyl groups is 4. The summed E-state index contributed by atoms with van der Waals surface area (Å²) in [6.07, 6.45) is 23.9. The highest BCUT2D eigenvalue weighted by atomic mass is 32.3. The van der Waals surface area contributed by atoms with E-state index in [1.807, 2.05) is 6.08 Å². The predicted octanol–water partition coefficient (Wildman–Crippen LogP) is 7.21. The maximum Gasteiger partial charge on any atom is 0.397 e. The molecule has 0 aromatic rings. The largest absolute Gasteiger partial charge is 0.397 e. The molecule has 0 saturated carbocycles. The van der Waals surface area contributed by atoms with Gasteiger partial charge in [0, 0.05) is 6.42 Å². The van der Waals surface area contributed by atoms with Crippen LogP contribution in [0.25, 0.3) is 0 Å². The van der Waals surface area contributed by atoms with Gasteiger partial charge < -0.3 is 35.2 Å². The molecule has 53 heavy (non-hydrogen) atoms. The van der Waals surface area contributed by atoms with Crippen LogP contribution in [-0.4, -0.2) is 95.4 Å². The third-order valence-corrected chi connectivity index (χ3v) is 10.5. The van der Waals surface area contributed by atoms with Crippen molar-refractivity contribution in [2.45, 2.75) is 224 Å². The second kappa shape index (κ2) is 32.0. The molecule has 0 aromatic heterocycles. The first-order valence-corrected chi connectivity index (χ1v) is 22.4. The molecular formula is C40H77NO11S. The molecule has 7 atom stereocenters. The van der Waals surface area contributed by atoms with Gasteiger partial charge in [0.25, 0.3) is 0 Å². The molecule has 6 N–H and O–H groups in total. The minimum atomic E-state index is -5.08. The second-order valence-corrected chi connectivity index (χ2v) is 16.0. The van der Waals surface area contributed by atoms with Crippen molar-refractivity contribution in [2.75, 3.05) is 13.2 Å². The number of carbonyl (C=O) groups excluding carboxylic acids is 1. The zero-order chi connectivity index (χ0) is 39.2. The van der Waals surface area contributed by atoms with Crippen molar-refractivity contribution in [1.82, 2.24) is 5.32 Å². The Morgan fingerprint density at radius 1 is 0.736 bits per heavy atom. The number of hydrogen-bond donors (Lipinski definition) is 6. The van der Waals surface area contributed by atoms with Crippen LogP contribution in [0.2, 0.25) is 0 Å². The number of aliphatic hydroxyl groups excluding tert-OH is 4. The van der Waals surface area contributed by atoms with Crippen LogP contribution in [0.15, 0.2) is 12.2 Å². The molecular weight excluding hydrogens is 703 g/mol. The molecule has 1 heterocycles. The van der Waals surface area contributed by atoms with E-state index in [-0.39, 0.29) is 18.9 Å². The Bertz CT molecular complexity index is 1010. The van der Waals surface area contributed by atoms with E-state index in [2.05, 4.69) is 23.3 Å². The van der Waals surface area contributed by atoms with Gasteiger partial charge in [-0.1, -0.05) is 167 Å². The highest BCUT2D eigenvalue weighted by molar-refractivity contribution is 7.80. The van der Waals surface area contributed by atoms with Gasteiger partial charge in [-0.3, -0.25) is 9.35 Å². The minimum Gasteiger partial charge on any atom is -0.394 e. The Morgan fingerprint density at radius 2 is 1.19 bits per heavy atom. The lowest BCUT2D eigenvalue weighted by molar-refractivity contribution is -0.298. The summed E-state index contributed by atoms with van der Waals surface area (Å²) in [4.78, 5) is 13.0. The summed E-state index contributed by atoms with van der Waals surface area (Å²) < 4.78 is 47.4. The molecule has 1 saturated heterocycles. The maximum absolute atomic E-state index is 13.0. The molecule has 0 aromatic carbocycles. The van der Waals surface area contributed by atoms with Gasteiger partial charge in [0.15, 0.2) is 6.29 Å². The summed E-state index contributed by atoms with van der Waals surface area (Å²) in [7, 11) is -5.08. The Kier molecular flexibility index (Phi) is 30.1. The van der Waals surface area contributed by atoms with Crippen LogP contribution < -0.4 is 5.32 Å². The molecule has 1 fully saturated rings. The lowest BCUT2D eigenvalue weighted by atomic mass is 9.99. The lowest BCUT2D eigenvalue weighted by Crippen LogP contribution is -2.61. The third-order valence-electron chi connectivity index (χ3n) is 10.1. The number of rotatable bonds is 35. The molecule has 0 spiro atoms. The van der Waals surface area contributed by atoms with Gasteiger partial charge in [0.2, 0.25) is 5.91 Å². The van der Waals surface area contributed by atoms with E-state index in [4.69, 9.17) is 14.0 Å². The van der Waals surface area contributed by atoms with Crippen molar-refractivity contribution in [3.05, 3.63) is 12.2 Å². The number of hydrogen-bond acceptors (Lipinski definition) is 10. The molecule has 1 rings (SSSR count). The summed E-state index contributed by atoms with van der Waals surface area (Å²) in [5, 5.41) is 44.5. The van der Waals surface area contributed by atoms with Crippen molar-refractivity contribution < 1.29 is 51.8 Å². The maximum atomic E-state index is 13.0. The summed E-state index contributed by atoms with van der Waals surface area (Å²) in [5.41, 5.74) is 0. The van der Waals surface area contributed by atoms with E-state index >= 15 is 0 Å². The van der Waals surface area contributed by atoms with E-state index in [0.717, 1.165) is 38.5 Å². The van der Waals surface area contributed by atoms with Gasteiger partial charge in [-0.25, -0.2) is 4.18 Å². The van der Waals surface area contributed by atoms with Crippen LogP contribution in [-0.2, 0) is 28.9 Å². The van der Waals surface area contributed by atoms with Gasteiger partial charge in [0.1, 0.15) is 24.4 Å². The van der Waals surface area contributed by atoms with E-state index in [0.29, 0.717) is 6.42 Å². The normalized spacial score (nSPS) is 22.0. The van der Waals surface area contributed by atoms with Crippen LogP contribution in [0.5, 0.6) is 0 Å². The van der Waals surface area contributed by atoms with Gasteiger partial charge in [-0.2, -0.15) is 8.42 Å². The number of amides is 1. The van der Waals surface area contributed by atoms with Crippen molar-refractivity contribution in [3.8, 4) is 0 Å².